The van der Waals surface area contributed by atoms with E-state index in [4.69, 9.17) is 16.2 Å². The van der Waals surface area contributed by atoms with Crippen molar-refractivity contribution < 1.29 is 4.74 Å². The predicted octanol–water partition coefficient (Wildman–Crippen LogP) is -0.0217. The van der Waals surface area contributed by atoms with Gasteiger partial charge in [0.15, 0.2) is 0 Å². The third-order valence-electron chi connectivity index (χ3n) is 1.95. The number of hydrogen-bond acceptors (Lipinski definition) is 6. The average molecular weight is 217 g/mol. The van der Waals surface area contributed by atoms with Gasteiger partial charge in [-0.05, 0) is 0 Å². The fourth-order valence-electron chi connectivity index (χ4n) is 1.19. The van der Waals surface area contributed by atoms with E-state index < -0.39 is 5.85 Å². The fourth-order valence-corrected chi connectivity index (χ4v) is 1.19. The molecule has 1 aromatic heterocycles. The molecule has 0 radical (unpaired) electrons. The molecule has 0 saturated carbocycles. The van der Waals surface area contributed by atoms with Gasteiger partial charge in [-0.3, -0.25) is 11.5 Å². The van der Waals surface area contributed by atoms with E-state index in [0.717, 1.165) is 0 Å². The Labute approximate surface area is 92.3 Å². The lowest BCUT2D eigenvalue weighted by Crippen LogP contribution is -2.51. The maximum absolute atomic E-state index is 5.83. The van der Waals surface area contributed by atoms with Crippen molar-refractivity contribution in [3.05, 3.63) is 48.5 Å². The van der Waals surface area contributed by atoms with Crippen molar-refractivity contribution in [2.24, 2.45) is 11.5 Å². The molecule has 0 spiro atoms. The summed E-state index contributed by atoms with van der Waals surface area (Å²) < 4.78 is 5.28. The Morgan fingerprint density at radius 1 is 1.00 bits per heavy atom. The lowest BCUT2D eigenvalue weighted by Gasteiger charge is -2.24. The van der Waals surface area contributed by atoms with Crippen LogP contribution in [-0.4, -0.2) is 15.0 Å². The number of hydrogen-bond donors (Lipinski definition) is 2. The number of rotatable bonds is 3. The van der Waals surface area contributed by atoms with Gasteiger partial charge < -0.3 is 4.74 Å². The summed E-state index contributed by atoms with van der Waals surface area (Å²) in [6.45, 7) is 0. The molecular weight excluding hydrogens is 206 g/mol. The second kappa shape index (κ2) is 4.21. The molecule has 0 unspecified atom stereocenters. The van der Waals surface area contributed by atoms with Crippen molar-refractivity contribution in [1.82, 2.24) is 15.0 Å². The molecule has 0 atom stereocenters. The number of nitrogens with zero attached hydrogens (tertiary/aromatic N) is 3. The minimum Gasteiger partial charge on any atom is -0.424 e. The van der Waals surface area contributed by atoms with Crippen molar-refractivity contribution in [2.75, 3.05) is 0 Å². The third kappa shape index (κ3) is 2.30. The van der Waals surface area contributed by atoms with Crippen molar-refractivity contribution in [3.63, 3.8) is 0 Å². The topological polar surface area (TPSA) is 99.9 Å². The molecule has 0 amide bonds. The van der Waals surface area contributed by atoms with Crippen LogP contribution in [0.1, 0.15) is 5.56 Å². The zero-order valence-corrected chi connectivity index (χ0v) is 8.45. The Morgan fingerprint density at radius 2 is 1.62 bits per heavy atom. The number of ether oxygens (including phenoxy) is 1. The Morgan fingerprint density at radius 3 is 2.25 bits per heavy atom. The summed E-state index contributed by atoms with van der Waals surface area (Å²) in [4.78, 5) is 11.2. The second-order valence-electron chi connectivity index (χ2n) is 3.18. The summed E-state index contributed by atoms with van der Waals surface area (Å²) in [6, 6.07) is 9.12. The van der Waals surface area contributed by atoms with Gasteiger partial charge in [-0.15, -0.1) is 0 Å². The monoisotopic (exact) mass is 217 g/mol. The SMILES string of the molecule is NC(N)(Oc1ncncn1)c1ccccc1. The summed E-state index contributed by atoms with van der Waals surface area (Å²) in [7, 11) is 0. The van der Waals surface area contributed by atoms with Crippen LogP contribution in [0.25, 0.3) is 0 Å². The summed E-state index contributed by atoms with van der Waals surface area (Å²) in [6.07, 6.45) is 2.62. The summed E-state index contributed by atoms with van der Waals surface area (Å²) in [5.41, 5.74) is 12.3. The van der Waals surface area contributed by atoms with E-state index in [-0.39, 0.29) is 6.01 Å². The van der Waals surface area contributed by atoms with Crippen LogP contribution < -0.4 is 16.2 Å². The Hall–Kier alpha value is -2.05. The van der Waals surface area contributed by atoms with Gasteiger partial charge in [0.05, 0.1) is 0 Å². The molecule has 0 fully saturated rings. The Bertz CT molecular complexity index is 445. The molecule has 82 valence electrons. The van der Waals surface area contributed by atoms with Crippen LogP contribution in [0.3, 0.4) is 0 Å². The van der Waals surface area contributed by atoms with E-state index >= 15 is 0 Å². The highest BCUT2D eigenvalue weighted by Gasteiger charge is 2.24. The van der Waals surface area contributed by atoms with Gasteiger partial charge in [-0.1, -0.05) is 30.3 Å². The summed E-state index contributed by atoms with van der Waals surface area (Å²) in [5, 5.41) is 0. The van der Waals surface area contributed by atoms with Crippen molar-refractivity contribution in [2.45, 2.75) is 5.85 Å². The first-order chi connectivity index (χ1) is 7.68. The van der Waals surface area contributed by atoms with Crippen LogP contribution in [0.2, 0.25) is 0 Å². The molecule has 4 N–H and O–H groups in total. The molecule has 6 heteroatoms. The maximum atomic E-state index is 5.83. The molecule has 0 aliphatic carbocycles. The number of aromatic nitrogens is 3. The molecule has 0 bridgehead atoms. The standard InChI is InChI=1S/C10H11N5O/c11-10(12,8-4-2-1-3-5-8)16-9-14-6-13-7-15-9/h1-7H,11-12H2. The first kappa shape index (κ1) is 10.5. The highest BCUT2D eigenvalue weighted by molar-refractivity contribution is 5.21. The third-order valence-corrected chi connectivity index (χ3v) is 1.95. The van der Waals surface area contributed by atoms with Crippen molar-refractivity contribution in [3.8, 4) is 6.01 Å². The molecule has 2 rings (SSSR count). The zero-order chi connectivity index (χ0) is 11.4. The van der Waals surface area contributed by atoms with Gasteiger partial charge in [0.1, 0.15) is 12.7 Å². The molecule has 1 aromatic carbocycles. The smallest absolute Gasteiger partial charge is 0.322 e. The molecule has 0 aliphatic heterocycles. The van der Waals surface area contributed by atoms with Gasteiger partial charge in [-0.2, -0.15) is 9.97 Å². The molecule has 1 heterocycles. The minimum atomic E-state index is -1.46. The van der Waals surface area contributed by atoms with Crippen LogP contribution >= 0.6 is 0 Å². The highest BCUT2D eigenvalue weighted by Crippen LogP contribution is 2.14. The largest absolute Gasteiger partial charge is 0.424 e. The van der Waals surface area contributed by atoms with Crippen LogP contribution in [0, 0.1) is 0 Å². The Kier molecular flexibility index (Phi) is 2.76. The average Bonchev–Trinajstić information content (AvgIpc) is 2.31. The van der Waals surface area contributed by atoms with Gasteiger partial charge >= 0.3 is 6.01 Å². The molecule has 6 nitrogen and oxygen atoms in total. The van der Waals surface area contributed by atoms with E-state index in [2.05, 4.69) is 15.0 Å². The number of nitrogens with two attached hydrogens (primary N) is 2. The number of benzene rings is 1. The quantitative estimate of drug-likeness (QED) is 0.701. The molecule has 0 saturated heterocycles. The van der Waals surface area contributed by atoms with Gasteiger partial charge in [0.25, 0.3) is 0 Å². The van der Waals surface area contributed by atoms with Crippen LogP contribution in [0.4, 0.5) is 0 Å². The van der Waals surface area contributed by atoms with Gasteiger partial charge in [0.2, 0.25) is 5.85 Å². The highest BCUT2D eigenvalue weighted by atomic mass is 16.5. The second-order valence-corrected chi connectivity index (χ2v) is 3.18. The first-order valence-corrected chi connectivity index (χ1v) is 4.63. The zero-order valence-electron chi connectivity index (χ0n) is 8.45. The lowest BCUT2D eigenvalue weighted by molar-refractivity contribution is 0.0682. The van der Waals surface area contributed by atoms with Crippen LogP contribution in [0.15, 0.2) is 43.0 Å². The lowest BCUT2D eigenvalue weighted by atomic mass is 10.1. The van der Waals surface area contributed by atoms with E-state index in [1.54, 1.807) is 12.1 Å². The summed E-state index contributed by atoms with van der Waals surface area (Å²) >= 11 is 0. The molecule has 0 aliphatic rings. The van der Waals surface area contributed by atoms with Gasteiger partial charge in [-0.25, -0.2) is 4.98 Å². The van der Waals surface area contributed by atoms with E-state index in [1.165, 1.54) is 12.7 Å². The fraction of sp³-hybridized carbons (Fsp3) is 0.100. The van der Waals surface area contributed by atoms with E-state index in [0.29, 0.717) is 5.56 Å². The summed E-state index contributed by atoms with van der Waals surface area (Å²) in [5.74, 6) is -1.46. The van der Waals surface area contributed by atoms with Crippen molar-refractivity contribution >= 4 is 0 Å². The van der Waals surface area contributed by atoms with Crippen molar-refractivity contribution in [1.29, 1.82) is 0 Å². The van der Waals surface area contributed by atoms with Gasteiger partial charge in [0, 0.05) is 5.56 Å². The minimum absolute atomic E-state index is 0.0869. The van der Waals surface area contributed by atoms with Crippen LogP contribution in [0.5, 0.6) is 6.01 Å². The normalized spacial score (nSPS) is 11.1. The maximum Gasteiger partial charge on any atom is 0.322 e. The molecule has 16 heavy (non-hydrogen) atoms. The molecular formula is C10H11N5O. The van der Waals surface area contributed by atoms with E-state index in [1.807, 2.05) is 18.2 Å². The van der Waals surface area contributed by atoms with E-state index in [9.17, 15) is 0 Å². The Balaban J connectivity index is 2.21. The molecule has 2 aromatic rings. The first-order valence-electron chi connectivity index (χ1n) is 4.63. The predicted molar refractivity (Wildman–Crippen MR) is 56.9 cm³/mol. The van der Waals surface area contributed by atoms with Crippen LogP contribution in [-0.2, 0) is 5.85 Å².